The molecule has 1 aliphatic rings. The maximum atomic E-state index is 12.8. The molecule has 38 heavy (non-hydrogen) atoms. The van der Waals surface area contributed by atoms with E-state index in [-0.39, 0.29) is 11.8 Å². The Morgan fingerprint density at radius 3 is 2.76 bits per heavy atom. The van der Waals surface area contributed by atoms with Crippen LogP contribution in [0.4, 0.5) is 5.69 Å². The van der Waals surface area contributed by atoms with Crippen LogP contribution in [0.1, 0.15) is 32.1 Å². The molecule has 0 radical (unpaired) electrons. The summed E-state index contributed by atoms with van der Waals surface area (Å²) < 4.78 is 0. The largest absolute Gasteiger partial charge is 0.337 e. The highest BCUT2D eigenvalue weighted by molar-refractivity contribution is 7.13. The van der Waals surface area contributed by atoms with Crippen LogP contribution in [0.3, 0.4) is 0 Å². The van der Waals surface area contributed by atoms with Crippen molar-refractivity contribution in [3.63, 3.8) is 0 Å². The van der Waals surface area contributed by atoms with Crippen LogP contribution in [0.2, 0.25) is 0 Å². The maximum Gasteiger partial charge on any atom is 0.227 e. The zero-order valence-electron chi connectivity index (χ0n) is 20.6. The molecule has 1 fully saturated rings. The topological polar surface area (TPSA) is 112 Å². The summed E-state index contributed by atoms with van der Waals surface area (Å²) in [5.41, 5.74) is 6.80. The van der Waals surface area contributed by atoms with Gasteiger partial charge in [0.05, 0.1) is 28.3 Å². The van der Waals surface area contributed by atoms with E-state index in [0.29, 0.717) is 22.9 Å². The molecule has 0 bridgehead atoms. The zero-order valence-corrected chi connectivity index (χ0v) is 21.4. The number of rotatable bonds is 5. The molecule has 5 heterocycles. The molecule has 7 rings (SSSR count). The van der Waals surface area contributed by atoms with E-state index < -0.39 is 0 Å². The third-order valence-electron chi connectivity index (χ3n) is 7.26. The average Bonchev–Trinajstić information content (AvgIpc) is 3.73. The first-order valence-electron chi connectivity index (χ1n) is 12.9. The first-order chi connectivity index (χ1) is 18.7. The first kappa shape index (κ1) is 22.8. The first-order valence-corrected chi connectivity index (χ1v) is 13.7. The van der Waals surface area contributed by atoms with Gasteiger partial charge in [0.1, 0.15) is 5.69 Å². The number of carbonyl (C=O) groups is 1. The lowest BCUT2D eigenvalue weighted by atomic mass is 9.88. The molecule has 0 unspecified atom stereocenters. The summed E-state index contributed by atoms with van der Waals surface area (Å²) >= 11 is 1.69. The number of para-hydroxylation sites is 1. The molecule has 0 aliphatic heterocycles. The SMILES string of the molecule is O=C(Nc1cncc(-c2cnc3[nH]nc(-c4nc5c(-c6cccs6)cccc5[nH]4)c3c2)c1)C1CCCCC1. The summed E-state index contributed by atoms with van der Waals surface area (Å²) in [6, 6.07) is 14.3. The second-order valence-corrected chi connectivity index (χ2v) is 10.7. The highest BCUT2D eigenvalue weighted by atomic mass is 32.1. The molecule has 5 aromatic heterocycles. The minimum absolute atomic E-state index is 0.0844. The number of aromatic amines is 2. The van der Waals surface area contributed by atoms with E-state index in [1.165, 1.54) is 11.3 Å². The van der Waals surface area contributed by atoms with E-state index >= 15 is 0 Å². The number of anilines is 1. The second kappa shape index (κ2) is 9.50. The Labute approximate surface area is 222 Å². The second-order valence-electron chi connectivity index (χ2n) is 9.74. The van der Waals surface area contributed by atoms with Gasteiger partial charge in [-0.2, -0.15) is 5.10 Å². The Morgan fingerprint density at radius 1 is 1.00 bits per heavy atom. The lowest BCUT2D eigenvalue weighted by Crippen LogP contribution is -2.24. The van der Waals surface area contributed by atoms with E-state index in [2.05, 4.69) is 48.0 Å². The van der Waals surface area contributed by atoms with Crippen LogP contribution in [-0.4, -0.2) is 36.0 Å². The van der Waals surface area contributed by atoms with Crippen LogP contribution in [0, 0.1) is 5.92 Å². The standard InChI is InChI=1S/C29H25N7OS/c37-29(17-6-2-1-3-7-17)32-20-12-18(14-30-16-20)19-13-22-26(35-36-27(22)31-15-19)28-33-23-9-4-8-21(25(23)34-28)24-10-5-11-38-24/h4-5,8-17H,1-3,6-7H2,(H,32,37)(H,33,34)(H,31,35,36). The van der Waals surface area contributed by atoms with Crippen molar-refractivity contribution in [2.75, 3.05) is 5.32 Å². The van der Waals surface area contributed by atoms with Gasteiger partial charge in [-0.15, -0.1) is 11.3 Å². The van der Waals surface area contributed by atoms with Crippen molar-refractivity contribution in [1.29, 1.82) is 0 Å². The fourth-order valence-corrected chi connectivity index (χ4v) is 6.04. The minimum atomic E-state index is 0.0844. The number of imidazole rings is 1. The average molecular weight is 520 g/mol. The van der Waals surface area contributed by atoms with Crippen LogP contribution < -0.4 is 5.32 Å². The maximum absolute atomic E-state index is 12.8. The van der Waals surface area contributed by atoms with Gasteiger partial charge in [-0.25, -0.2) is 9.97 Å². The van der Waals surface area contributed by atoms with Crippen molar-refractivity contribution in [1.82, 2.24) is 30.1 Å². The van der Waals surface area contributed by atoms with Gasteiger partial charge in [-0.05, 0) is 42.5 Å². The van der Waals surface area contributed by atoms with E-state index in [4.69, 9.17) is 4.98 Å². The number of nitrogens with zero attached hydrogens (tertiary/aromatic N) is 4. The van der Waals surface area contributed by atoms with E-state index in [1.807, 2.05) is 30.3 Å². The monoisotopic (exact) mass is 519 g/mol. The van der Waals surface area contributed by atoms with Crippen molar-refractivity contribution >= 4 is 45.0 Å². The Morgan fingerprint density at radius 2 is 1.89 bits per heavy atom. The van der Waals surface area contributed by atoms with Crippen molar-refractivity contribution in [2.24, 2.45) is 5.92 Å². The van der Waals surface area contributed by atoms with Crippen LogP contribution in [0.5, 0.6) is 0 Å². The van der Waals surface area contributed by atoms with Gasteiger partial charge >= 0.3 is 0 Å². The third kappa shape index (κ3) is 4.14. The highest BCUT2D eigenvalue weighted by Gasteiger charge is 2.21. The fraction of sp³-hybridized carbons (Fsp3) is 0.207. The molecule has 1 aromatic carbocycles. The van der Waals surface area contributed by atoms with Gasteiger partial charge in [0.25, 0.3) is 0 Å². The fourth-order valence-electron chi connectivity index (χ4n) is 5.29. The Bertz CT molecular complexity index is 1760. The van der Waals surface area contributed by atoms with Crippen molar-refractivity contribution < 1.29 is 4.79 Å². The van der Waals surface area contributed by atoms with E-state index in [0.717, 1.165) is 58.8 Å². The molecule has 1 aliphatic carbocycles. The molecule has 9 heteroatoms. The van der Waals surface area contributed by atoms with Crippen molar-refractivity contribution in [3.05, 3.63) is 66.4 Å². The number of H-pyrrole nitrogens is 2. The summed E-state index contributed by atoms with van der Waals surface area (Å²) in [4.78, 5) is 31.3. The van der Waals surface area contributed by atoms with Crippen molar-refractivity contribution in [2.45, 2.75) is 32.1 Å². The van der Waals surface area contributed by atoms with Crippen LogP contribution in [-0.2, 0) is 4.79 Å². The lowest BCUT2D eigenvalue weighted by Gasteiger charge is -2.20. The van der Waals surface area contributed by atoms with Gasteiger partial charge in [0, 0.05) is 39.9 Å². The quantitative estimate of drug-likeness (QED) is 0.232. The molecule has 1 saturated carbocycles. The number of hydrogen-bond acceptors (Lipinski definition) is 6. The Kier molecular flexibility index (Phi) is 5.70. The predicted octanol–water partition coefficient (Wildman–Crippen LogP) is 6.81. The molecule has 3 N–H and O–H groups in total. The number of amides is 1. The van der Waals surface area contributed by atoms with Crippen LogP contribution in [0.25, 0.3) is 55.2 Å². The number of aromatic nitrogens is 6. The number of carbonyl (C=O) groups excluding carboxylic acids is 1. The normalized spacial score (nSPS) is 14.3. The predicted molar refractivity (Wildman–Crippen MR) is 151 cm³/mol. The molecule has 8 nitrogen and oxygen atoms in total. The van der Waals surface area contributed by atoms with E-state index in [1.54, 1.807) is 29.9 Å². The molecule has 6 aromatic rings. The number of hydrogen-bond donors (Lipinski definition) is 3. The van der Waals surface area contributed by atoms with Gasteiger partial charge in [-0.1, -0.05) is 37.5 Å². The highest BCUT2D eigenvalue weighted by Crippen LogP contribution is 2.34. The summed E-state index contributed by atoms with van der Waals surface area (Å²) in [6.45, 7) is 0. The number of nitrogens with one attached hydrogen (secondary N) is 3. The summed E-state index contributed by atoms with van der Waals surface area (Å²) in [5.74, 6) is 0.852. The lowest BCUT2D eigenvalue weighted by molar-refractivity contribution is -0.120. The number of benzene rings is 1. The summed E-state index contributed by atoms with van der Waals surface area (Å²) in [5, 5.41) is 13.6. The van der Waals surface area contributed by atoms with Gasteiger partial charge in [0.15, 0.2) is 11.5 Å². The number of fused-ring (bicyclic) bond motifs is 2. The van der Waals surface area contributed by atoms with Gasteiger partial charge < -0.3 is 10.3 Å². The Hall–Kier alpha value is -4.37. The van der Waals surface area contributed by atoms with Crippen molar-refractivity contribution in [3.8, 4) is 33.1 Å². The van der Waals surface area contributed by atoms with Crippen LogP contribution in [0.15, 0.2) is 66.4 Å². The molecular weight excluding hydrogens is 494 g/mol. The smallest absolute Gasteiger partial charge is 0.227 e. The molecule has 188 valence electrons. The molecule has 1 amide bonds. The molecule has 0 atom stereocenters. The molecule has 0 spiro atoms. The van der Waals surface area contributed by atoms with Crippen LogP contribution >= 0.6 is 11.3 Å². The van der Waals surface area contributed by atoms with E-state index in [9.17, 15) is 4.79 Å². The summed E-state index contributed by atoms with van der Waals surface area (Å²) in [7, 11) is 0. The zero-order chi connectivity index (χ0) is 25.5. The molecular formula is C29H25N7OS. The molecule has 0 saturated heterocycles. The Balaban J connectivity index is 1.23. The number of pyridine rings is 2. The minimum Gasteiger partial charge on any atom is -0.337 e. The van der Waals surface area contributed by atoms with Gasteiger partial charge in [0.2, 0.25) is 5.91 Å². The third-order valence-corrected chi connectivity index (χ3v) is 8.16. The van der Waals surface area contributed by atoms with Gasteiger partial charge in [-0.3, -0.25) is 14.9 Å². The summed E-state index contributed by atoms with van der Waals surface area (Å²) in [6.07, 6.45) is 10.6. The number of thiophene rings is 1.